The Bertz CT molecular complexity index is 967. The topological polar surface area (TPSA) is 71.1 Å². The van der Waals surface area contributed by atoms with Crippen molar-refractivity contribution in [1.29, 1.82) is 0 Å². The third-order valence-electron chi connectivity index (χ3n) is 5.43. The summed E-state index contributed by atoms with van der Waals surface area (Å²) in [6.45, 7) is 1.82. The molecule has 2 aromatic carbocycles. The summed E-state index contributed by atoms with van der Waals surface area (Å²) >= 11 is 4.80. The van der Waals surface area contributed by atoms with Gasteiger partial charge in [-0.05, 0) is 31.0 Å². The lowest BCUT2D eigenvalue weighted by Crippen LogP contribution is -2.49. The highest BCUT2D eigenvalue weighted by Crippen LogP contribution is 2.51. The molecule has 28 heavy (non-hydrogen) atoms. The third-order valence-corrected chi connectivity index (χ3v) is 5.95. The van der Waals surface area contributed by atoms with Crippen molar-refractivity contribution in [2.24, 2.45) is 11.8 Å². The smallest absolute Gasteiger partial charge is 0.316 e. The van der Waals surface area contributed by atoms with E-state index in [2.05, 4.69) is 0 Å². The van der Waals surface area contributed by atoms with Gasteiger partial charge in [0.1, 0.15) is 23.0 Å². The maximum atomic E-state index is 12.9. The quantitative estimate of drug-likeness (QED) is 0.485. The number of carbonyl (C=O) groups is 2. The van der Waals surface area contributed by atoms with E-state index in [0.717, 1.165) is 11.1 Å². The van der Waals surface area contributed by atoms with Crippen LogP contribution in [0.2, 0.25) is 0 Å². The van der Waals surface area contributed by atoms with E-state index < -0.39 is 28.5 Å². The zero-order valence-electron chi connectivity index (χ0n) is 15.7. The van der Waals surface area contributed by atoms with E-state index in [4.69, 9.17) is 31.6 Å². The van der Waals surface area contributed by atoms with Crippen LogP contribution in [0, 0.1) is 11.8 Å². The number of fused-ring (bicyclic) bond motifs is 2. The van der Waals surface area contributed by atoms with Crippen LogP contribution in [-0.2, 0) is 20.8 Å². The Balaban J connectivity index is 1.71. The lowest BCUT2D eigenvalue weighted by atomic mass is 9.73. The van der Waals surface area contributed by atoms with Crippen molar-refractivity contribution in [2.45, 2.75) is 18.1 Å². The van der Waals surface area contributed by atoms with Gasteiger partial charge in [-0.25, -0.2) is 0 Å². The molecule has 2 aliphatic rings. The molecule has 0 radical (unpaired) electrons. The molecule has 3 atom stereocenters. The van der Waals surface area contributed by atoms with Crippen molar-refractivity contribution >= 4 is 24.6 Å². The van der Waals surface area contributed by atoms with Gasteiger partial charge in [0.15, 0.2) is 0 Å². The summed E-state index contributed by atoms with van der Waals surface area (Å²) in [6.07, 6.45) is 0.361. The molecule has 3 unspecified atom stereocenters. The molecule has 0 amide bonds. The first-order chi connectivity index (χ1) is 13.3. The molecule has 0 bridgehead atoms. The largest absolute Gasteiger partial charge is 0.497 e. The Morgan fingerprint density at radius 1 is 0.964 bits per heavy atom. The summed E-state index contributed by atoms with van der Waals surface area (Å²) in [5.74, 6) is -0.441. The van der Waals surface area contributed by atoms with Crippen LogP contribution in [0.15, 0.2) is 36.4 Å². The maximum absolute atomic E-state index is 12.9. The van der Waals surface area contributed by atoms with Crippen LogP contribution in [0.1, 0.15) is 18.1 Å². The highest BCUT2D eigenvalue weighted by molar-refractivity contribution is 7.81. The second-order valence-corrected chi connectivity index (χ2v) is 8.04. The fourth-order valence-corrected chi connectivity index (χ4v) is 4.41. The Morgan fingerprint density at radius 2 is 1.57 bits per heavy atom. The molecule has 0 fully saturated rings. The highest BCUT2D eigenvalue weighted by atomic mass is 32.1. The van der Waals surface area contributed by atoms with Crippen molar-refractivity contribution in [3.63, 3.8) is 0 Å². The number of hydrogen-bond acceptors (Lipinski definition) is 7. The van der Waals surface area contributed by atoms with Crippen molar-refractivity contribution < 1.29 is 28.5 Å². The van der Waals surface area contributed by atoms with Crippen molar-refractivity contribution in [1.82, 2.24) is 0 Å². The minimum absolute atomic E-state index is 0.361. The van der Waals surface area contributed by atoms with Gasteiger partial charge in [0.2, 0.25) is 0 Å². The van der Waals surface area contributed by atoms with Crippen molar-refractivity contribution in [3.05, 3.63) is 47.5 Å². The summed E-state index contributed by atoms with van der Waals surface area (Å²) in [4.78, 5) is 25.7. The van der Waals surface area contributed by atoms with Gasteiger partial charge in [-0.3, -0.25) is 9.59 Å². The van der Waals surface area contributed by atoms with Crippen LogP contribution >= 0.6 is 12.6 Å². The molecule has 6 nitrogen and oxygen atoms in total. The van der Waals surface area contributed by atoms with Gasteiger partial charge in [-0.2, -0.15) is 12.6 Å². The number of benzene rings is 2. The Kier molecular flexibility index (Phi) is 4.50. The van der Waals surface area contributed by atoms with Gasteiger partial charge in [-0.1, -0.05) is 12.1 Å². The van der Waals surface area contributed by atoms with Gasteiger partial charge in [-0.15, -0.1) is 0 Å². The zero-order valence-corrected chi connectivity index (χ0v) is 16.6. The van der Waals surface area contributed by atoms with Crippen molar-refractivity contribution in [2.75, 3.05) is 14.2 Å². The summed E-state index contributed by atoms with van der Waals surface area (Å²) in [5.41, 5.74) is 1.57. The van der Waals surface area contributed by atoms with Crippen molar-refractivity contribution in [3.8, 4) is 23.0 Å². The van der Waals surface area contributed by atoms with Gasteiger partial charge >= 0.3 is 11.9 Å². The molecule has 146 valence electrons. The van der Waals surface area contributed by atoms with E-state index in [9.17, 15) is 9.59 Å². The first-order valence-corrected chi connectivity index (χ1v) is 9.31. The highest BCUT2D eigenvalue weighted by Gasteiger charge is 2.52. The number of ether oxygens (including phenoxy) is 4. The van der Waals surface area contributed by atoms with Gasteiger partial charge in [0.25, 0.3) is 0 Å². The van der Waals surface area contributed by atoms with E-state index >= 15 is 0 Å². The summed E-state index contributed by atoms with van der Waals surface area (Å²) in [6, 6.07) is 10.6. The average molecular weight is 400 g/mol. The van der Waals surface area contributed by atoms with Crippen LogP contribution in [0.3, 0.4) is 0 Å². The molecule has 7 heteroatoms. The average Bonchev–Trinajstić information content (AvgIpc) is 2.67. The number of carbonyl (C=O) groups excluding carboxylic acids is 2. The SMILES string of the molecule is COc1ccc2c(c1)OC(=O)C(C1C(=O)Oc3cc(OC)ccc3C1(C)S)C2. The molecule has 0 aliphatic carbocycles. The van der Waals surface area contributed by atoms with E-state index in [-0.39, 0.29) is 0 Å². The van der Waals surface area contributed by atoms with Gasteiger partial charge < -0.3 is 18.9 Å². The second kappa shape index (κ2) is 6.74. The lowest BCUT2D eigenvalue weighted by molar-refractivity contribution is -0.154. The summed E-state index contributed by atoms with van der Waals surface area (Å²) < 4.78 is 20.5. The standard InChI is InChI=1S/C21H20O6S/c1-21(28)15-7-6-13(25-3)10-17(15)27-20(23)18(21)14-8-11-4-5-12(24-2)9-16(11)26-19(14)22/h4-7,9-10,14,18,28H,8H2,1-3H3. The second-order valence-electron chi connectivity index (χ2n) is 7.11. The molecule has 4 rings (SSSR count). The minimum atomic E-state index is -0.912. The Hall–Kier alpha value is -2.67. The molecular formula is C21H20O6S. The Morgan fingerprint density at radius 3 is 2.25 bits per heavy atom. The van der Waals surface area contributed by atoms with Gasteiger partial charge in [0.05, 0.1) is 30.8 Å². The van der Waals surface area contributed by atoms with E-state index in [0.29, 0.717) is 29.4 Å². The fourth-order valence-electron chi connectivity index (χ4n) is 3.94. The predicted octanol–water partition coefficient (Wildman–Crippen LogP) is 3.16. The van der Waals surface area contributed by atoms with Crippen LogP contribution in [0.25, 0.3) is 0 Å². The molecule has 2 aromatic rings. The molecule has 0 spiro atoms. The van der Waals surface area contributed by atoms with Crippen LogP contribution < -0.4 is 18.9 Å². The number of hydrogen-bond donors (Lipinski definition) is 1. The molecule has 0 saturated heterocycles. The molecule has 0 N–H and O–H groups in total. The van der Waals surface area contributed by atoms with Crippen LogP contribution in [-0.4, -0.2) is 26.2 Å². The molecule has 2 aliphatic heterocycles. The maximum Gasteiger partial charge on any atom is 0.316 e. The monoisotopic (exact) mass is 400 g/mol. The number of thiol groups is 1. The molecule has 0 saturated carbocycles. The summed E-state index contributed by atoms with van der Waals surface area (Å²) in [5, 5.41) is 0. The third kappa shape index (κ3) is 2.90. The lowest BCUT2D eigenvalue weighted by Gasteiger charge is -2.41. The zero-order chi connectivity index (χ0) is 20.1. The number of methoxy groups -OCH3 is 2. The first kappa shape index (κ1) is 18.7. The van der Waals surface area contributed by atoms with E-state index in [1.165, 1.54) is 0 Å². The predicted molar refractivity (Wildman–Crippen MR) is 104 cm³/mol. The molecular weight excluding hydrogens is 380 g/mol. The first-order valence-electron chi connectivity index (χ1n) is 8.86. The Labute approximate surface area is 168 Å². The molecule has 2 heterocycles. The normalized spacial score (nSPS) is 25.9. The number of esters is 2. The minimum Gasteiger partial charge on any atom is -0.497 e. The fraction of sp³-hybridized carbons (Fsp3) is 0.333. The summed E-state index contributed by atoms with van der Waals surface area (Å²) in [7, 11) is 3.09. The molecule has 0 aromatic heterocycles. The number of rotatable bonds is 3. The van der Waals surface area contributed by atoms with E-state index in [1.54, 1.807) is 38.5 Å². The van der Waals surface area contributed by atoms with Gasteiger partial charge in [0, 0.05) is 17.7 Å². The van der Waals surface area contributed by atoms with E-state index in [1.807, 2.05) is 19.1 Å². The van der Waals surface area contributed by atoms with Crippen LogP contribution in [0.4, 0.5) is 0 Å². The van der Waals surface area contributed by atoms with Crippen LogP contribution in [0.5, 0.6) is 23.0 Å².